The second-order valence-electron chi connectivity index (χ2n) is 3.19. The number of carbonyl (C=O) groups excluding carboxylic acids is 1. The lowest BCUT2D eigenvalue weighted by molar-refractivity contribution is -0.122. The molecule has 3 N–H and O–H groups in total. The largest absolute Gasteiger partial charge is 0.358 e. The van der Waals surface area contributed by atoms with Crippen LogP contribution < -0.4 is 11.1 Å². The topological polar surface area (TPSA) is 55.1 Å². The maximum absolute atomic E-state index is 10.9. The van der Waals surface area contributed by atoms with Crippen LogP contribution in [-0.2, 0) is 4.79 Å². The first kappa shape index (κ1) is 14.3. The van der Waals surface area contributed by atoms with Gasteiger partial charge in [-0.15, -0.1) is 12.4 Å². The van der Waals surface area contributed by atoms with Gasteiger partial charge in [0.25, 0.3) is 0 Å². The normalized spacial score (nSPS) is 12.1. The highest BCUT2D eigenvalue weighted by Crippen LogP contribution is 2.04. The molecule has 0 heterocycles. The Labute approximate surface area is 80.5 Å². The summed E-state index contributed by atoms with van der Waals surface area (Å²) in [6, 6.07) is -0.331. The van der Waals surface area contributed by atoms with E-state index in [1.807, 2.05) is 0 Å². The van der Waals surface area contributed by atoms with Crippen LogP contribution in [0, 0.1) is 5.92 Å². The minimum atomic E-state index is -0.331. The summed E-state index contributed by atoms with van der Waals surface area (Å²) < 4.78 is 0. The molecule has 74 valence electrons. The highest BCUT2D eigenvalue weighted by atomic mass is 35.5. The van der Waals surface area contributed by atoms with Crippen LogP contribution in [0.1, 0.15) is 26.7 Å². The first-order valence-electron chi connectivity index (χ1n) is 4.05. The number of nitrogens with two attached hydrogens (primary N) is 1. The lowest BCUT2D eigenvalue weighted by atomic mass is 10.0. The van der Waals surface area contributed by atoms with Crippen molar-refractivity contribution in [3.63, 3.8) is 0 Å². The van der Waals surface area contributed by atoms with E-state index < -0.39 is 0 Å². The molecule has 4 heteroatoms. The highest BCUT2D eigenvalue weighted by Gasteiger charge is 2.10. The summed E-state index contributed by atoms with van der Waals surface area (Å²) in [7, 11) is 1.61. The number of hydrogen-bond acceptors (Lipinski definition) is 2. The van der Waals surface area contributed by atoms with Crippen LogP contribution in [0.3, 0.4) is 0 Å². The standard InChI is InChI=1S/C8H18N2O.ClH/c1-6(2)4-5-7(9)8(11)10-3;/h6-7H,4-5,9H2,1-3H3,(H,10,11);1H. The quantitative estimate of drug-likeness (QED) is 0.700. The molecule has 3 nitrogen and oxygen atoms in total. The summed E-state index contributed by atoms with van der Waals surface area (Å²) in [5.41, 5.74) is 5.56. The third-order valence-corrected chi connectivity index (χ3v) is 1.64. The SMILES string of the molecule is CNC(=O)C(N)CCC(C)C.Cl. The fraction of sp³-hybridized carbons (Fsp3) is 0.875. The Morgan fingerprint density at radius 3 is 2.25 bits per heavy atom. The molecule has 0 aliphatic heterocycles. The maximum Gasteiger partial charge on any atom is 0.236 e. The van der Waals surface area contributed by atoms with Gasteiger partial charge in [0.05, 0.1) is 6.04 Å². The third-order valence-electron chi connectivity index (χ3n) is 1.64. The van der Waals surface area contributed by atoms with Gasteiger partial charge in [-0.1, -0.05) is 13.8 Å². The number of rotatable bonds is 4. The van der Waals surface area contributed by atoms with Crippen LogP contribution in [0.25, 0.3) is 0 Å². The van der Waals surface area contributed by atoms with Crippen molar-refractivity contribution in [2.45, 2.75) is 32.7 Å². The number of likely N-dealkylation sites (N-methyl/N-ethyl adjacent to an activating group) is 1. The van der Waals surface area contributed by atoms with Gasteiger partial charge in [0.2, 0.25) is 5.91 Å². The molecule has 1 amide bonds. The molecule has 0 aromatic carbocycles. The molecule has 1 atom stereocenters. The summed E-state index contributed by atoms with van der Waals surface area (Å²) in [5, 5.41) is 2.52. The lowest BCUT2D eigenvalue weighted by Gasteiger charge is -2.10. The van der Waals surface area contributed by atoms with E-state index in [2.05, 4.69) is 19.2 Å². The van der Waals surface area contributed by atoms with Gasteiger partial charge in [-0.3, -0.25) is 4.79 Å². The van der Waals surface area contributed by atoms with Gasteiger partial charge in [-0.25, -0.2) is 0 Å². The second kappa shape index (κ2) is 7.37. The Hall–Kier alpha value is -0.280. The number of halogens is 1. The zero-order valence-electron chi connectivity index (χ0n) is 7.96. The molecule has 0 fully saturated rings. The van der Waals surface area contributed by atoms with Gasteiger partial charge >= 0.3 is 0 Å². The summed E-state index contributed by atoms with van der Waals surface area (Å²) >= 11 is 0. The molecular formula is C8H19ClN2O. The number of nitrogens with one attached hydrogen (secondary N) is 1. The maximum atomic E-state index is 10.9. The smallest absolute Gasteiger partial charge is 0.236 e. The Morgan fingerprint density at radius 2 is 1.92 bits per heavy atom. The second-order valence-corrected chi connectivity index (χ2v) is 3.19. The molecule has 0 bridgehead atoms. The first-order chi connectivity index (χ1) is 5.07. The minimum Gasteiger partial charge on any atom is -0.358 e. The van der Waals surface area contributed by atoms with E-state index in [1.165, 1.54) is 0 Å². The first-order valence-corrected chi connectivity index (χ1v) is 4.05. The molecule has 0 aliphatic carbocycles. The third kappa shape index (κ3) is 6.43. The molecule has 0 aromatic rings. The molecule has 0 radical (unpaired) electrons. The van der Waals surface area contributed by atoms with E-state index in [0.717, 1.165) is 12.8 Å². The van der Waals surface area contributed by atoms with Crippen LogP contribution in [0.5, 0.6) is 0 Å². The van der Waals surface area contributed by atoms with Gasteiger partial charge in [-0.05, 0) is 18.8 Å². The van der Waals surface area contributed by atoms with E-state index in [0.29, 0.717) is 5.92 Å². The predicted molar refractivity (Wildman–Crippen MR) is 53.4 cm³/mol. The highest BCUT2D eigenvalue weighted by molar-refractivity contribution is 5.85. The van der Waals surface area contributed by atoms with Crippen molar-refractivity contribution in [3.8, 4) is 0 Å². The van der Waals surface area contributed by atoms with Crippen LogP contribution in [0.4, 0.5) is 0 Å². The molecule has 0 saturated carbocycles. The average molecular weight is 195 g/mol. The lowest BCUT2D eigenvalue weighted by Crippen LogP contribution is -2.38. The number of hydrogen-bond donors (Lipinski definition) is 2. The summed E-state index contributed by atoms with van der Waals surface area (Å²) in [6.07, 6.45) is 1.78. The Bertz CT molecular complexity index is 128. The van der Waals surface area contributed by atoms with Crippen LogP contribution >= 0.6 is 12.4 Å². The molecule has 0 saturated heterocycles. The molecule has 0 rings (SSSR count). The fourth-order valence-corrected chi connectivity index (χ4v) is 0.829. The van der Waals surface area contributed by atoms with Gasteiger partial charge in [0.15, 0.2) is 0 Å². The predicted octanol–water partition coefficient (Wildman–Crippen LogP) is 0.918. The number of carbonyl (C=O) groups is 1. The van der Waals surface area contributed by atoms with E-state index in [-0.39, 0.29) is 24.4 Å². The van der Waals surface area contributed by atoms with Crippen molar-refractivity contribution in [2.24, 2.45) is 11.7 Å². The van der Waals surface area contributed by atoms with Crippen molar-refractivity contribution < 1.29 is 4.79 Å². The van der Waals surface area contributed by atoms with Crippen molar-refractivity contribution in [1.82, 2.24) is 5.32 Å². The molecule has 0 aromatic heterocycles. The Morgan fingerprint density at radius 1 is 1.42 bits per heavy atom. The van der Waals surface area contributed by atoms with E-state index >= 15 is 0 Å². The minimum absolute atomic E-state index is 0. The summed E-state index contributed by atoms with van der Waals surface area (Å²) in [5.74, 6) is 0.552. The average Bonchev–Trinajstić information content (AvgIpc) is 1.98. The van der Waals surface area contributed by atoms with E-state index in [4.69, 9.17) is 5.73 Å². The Balaban J connectivity index is 0. The zero-order chi connectivity index (χ0) is 8.85. The molecule has 0 aliphatic rings. The number of amides is 1. The van der Waals surface area contributed by atoms with Crippen molar-refractivity contribution in [2.75, 3.05) is 7.05 Å². The van der Waals surface area contributed by atoms with Crippen LogP contribution in [0.15, 0.2) is 0 Å². The van der Waals surface area contributed by atoms with Gasteiger partial charge < -0.3 is 11.1 Å². The Kier molecular flexibility index (Phi) is 8.76. The van der Waals surface area contributed by atoms with Gasteiger partial charge in [0.1, 0.15) is 0 Å². The molecular weight excluding hydrogens is 176 g/mol. The van der Waals surface area contributed by atoms with E-state index in [9.17, 15) is 4.79 Å². The zero-order valence-corrected chi connectivity index (χ0v) is 8.78. The molecule has 12 heavy (non-hydrogen) atoms. The monoisotopic (exact) mass is 194 g/mol. The van der Waals surface area contributed by atoms with Crippen LogP contribution in [-0.4, -0.2) is 19.0 Å². The fourth-order valence-electron chi connectivity index (χ4n) is 0.829. The van der Waals surface area contributed by atoms with Crippen LogP contribution in [0.2, 0.25) is 0 Å². The summed E-state index contributed by atoms with van der Waals surface area (Å²) in [6.45, 7) is 4.24. The summed E-state index contributed by atoms with van der Waals surface area (Å²) in [4.78, 5) is 10.9. The van der Waals surface area contributed by atoms with Gasteiger partial charge in [-0.2, -0.15) is 0 Å². The van der Waals surface area contributed by atoms with E-state index in [1.54, 1.807) is 7.05 Å². The van der Waals surface area contributed by atoms with Gasteiger partial charge in [0, 0.05) is 7.05 Å². The van der Waals surface area contributed by atoms with Crippen molar-refractivity contribution >= 4 is 18.3 Å². The molecule has 1 unspecified atom stereocenters. The van der Waals surface area contributed by atoms with Crippen molar-refractivity contribution in [3.05, 3.63) is 0 Å². The molecule has 0 spiro atoms. The van der Waals surface area contributed by atoms with Crippen molar-refractivity contribution in [1.29, 1.82) is 0 Å².